The van der Waals surface area contributed by atoms with Crippen LogP contribution in [-0.4, -0.2) is 41.5 Å². The van der Waals surface area contributed by atoms with Gasteiger partial charge in [-0.25, -0.2) is 0 Å². The number of Topliss-reactive ketones (excluding diaryl/α,β-unsaturated/α-hetero) is 1. The molecule has 0 fully saturated rings. The van der Waals surface area contributed by atoms with E-state index in [0.717, 1.165) is 0 Å². The molecule has 9 nitrogen and oxygen atoms in total. The summed E-state index contributed by atoms with van der Waals surface area (Å²) in [4.78, 5) is 18.9. The first-order valence-electron chi connectivity index (χ1n) is 8.48. The predicted octanol–water partition coefficient (Wildman–Crippen LogP) is 0.313. The summed E-state index contributed by atoms with van der Waals surface area (Å²) in [5, 5.41) is 7.20. The molecule has 2 atom stereocenters. The standard InChI is InChI=1S/C19H20N6O3.BH4.Na/c1-27-15-7-3-13(4-8-15)17(11-22-24-20)19(26)18(12-23-25-21)14-5-9-16(28-2)10-6-14;;/h3-10,17-18H,11-12H2,1-2H3;1H4;/q;-1;+1. The minimum absolute atomic E-state index is 0. The van der Waals surface area contributed by atoms with Crippen molar-refractivity contribution in [1.82, 2.24) is 0 Å². The van der Waals surface area contributed by atoms with E-state index in [1.54, 1.807) is 62.8 Å². The van der Waals surface area contributed by atoms with E-state index in [4.69, 9.17) is 20.5 Å². The number of methoxy groups -OCH3 is 2. The predicted molar refractivity (Wildman–Crippen MR) is 116 cm³/mol. The van der Waals surface area contributed by atoms with Crippen LogP contribution < -0.4 is 39.0 Å². The molecule has 0 spiro atoms. The third-order valence-corrected chi connectivity index (χ3v) is 4.38. The summed E-state index contributed by atoms with van der Waals surface area (Å²) < 4.78 is 10.3. The van der Waals surface area contributed by atoms with Gasteiger partial charge in [-0.2, -0.15) is 0 Å². The Balaban J connectivity index is 0.00000420. The number of ketones is 1. The summed E-state index contributed by atoms with van der Waals surface area (Å²) in [6.07, 6.45) is 0. The van der Waals surface area contributed by atoms with E-state index >= 15 is 0 Å². The van der Waals surface area contributed by atoms with Crippen LogP contribution in [0.25, 0.3) is 20.9 Å². The molecule has 0 aliphatic heterocycles. The third-order valence-electron chi connectivity index (χ3n) is 4.38. The summed E-state index contributed by atoms with van der Waals surface area (Å²) in [6, 6.07) is 14.0. The molecule has 11 heteroatoms. The van der Waals surface area contributed by atoms with Crippen molar-refractivity contribution in [2.45, 2.75) is 11.8 Å². The number of hydrogen-bond acceptors (Lipinski definition) is 5. The van der Waals surface area contributed by atoms with Gasteiger partial charge in [-0.1, -0.05) is 42.9 Å². The van der Waals surface area contributed by atoms with Crippen LogP contribution in [0.5, 0.6) is 11.5 Å². The van der Waals surface area contributed by atoms with E-state index in [1.807, 2.05) is 0 Å². The Morgan fingerprint density at radius 3 is 1.43 bits per heavy atom. The fourth-order valence-electron chi connectivity index (χ4n) is 2.87. The molecule has 0 saturated heterocycles. The van der Waals surface area contributed by atoms with Crippen molar-refractivity contribution < 1.29 is 43.8 Å². The fraction of sp³-hybridized carbons (Fsp3) is 0.316. The fourth-order valence-corrected chi connectivity index (χ4v) is 2.87. The SMILES string of the molecule is COc1ccc(C(CN=[N+]=[N-])C(=O)C(CN=[N+]=[N-])c2ccc(OC)cc2)cc1.[BH4-].[Na+]. The summed E-state index contributed by atoms with van der Waals surface area (Å²) in [7, 11) is 3.11. The van der Waals surface area contributed by atoms with Crippen molar-refractivity contribution in [2.75, 3.05) is 27.3 Å². The Labute approximate surface area is 198 Å². The molecule has 0 aliphatic carbocycles. The third kappa shape index (κ3) is 7.33. The molecule has 0 radical (unpaired) electrons. The Bertz CT molecular complexity index is 824. The second kappa shape index (κ2) is 14.4. The Morgan fingerprint density at radius 1 is 0.833 bits per heavy atom. The summed E-state index contributed by atoms with van der Waals surface area (Å²) >= 11 is 0. The zero-order chi connectivity index (χ0) is 20.4. The largest absolute Gasteiger partial charge is 1.00 e. The molecule has 0 N–H and O–H groups in total. The maximum atomic E-state index is 13.3. The van der Waals surface area contributed by atoms with Gasteiger partial charge in [-0.15, -0.1) is 0 Å². The van der Waals surface area contributed by atoms with Crippen LogP contribution in [0, 0.1) is 0 Å². The summed E-state index contributed by atoms with van der Waals surface area (Å²) in [6.45, 7) is -0.0742. The van der Waals surface area contributed by atoms with Gasteiger partial charge in [0.1, 0.15) is 17.3 Å². The molecule has 0 heterocycles. The van der Waals surface area contributed by atoms with Crippen molar-refractivity contribution in [1.29, 1.82) is 0 Å². The quantitative estimate of drug-likeness (QED) is 0.238. The zero-order valence-electron chi connectivity index (χ0n) is 16.6. The Hall–Kier alpha value is -2.61. The topological polar surface area (TPSA) is 133 Å². The second-order valence-corrected chi connectivity index (χ2v) is 5.88. The second-order valence-electron chi connectivity index (χ2n) is 5.88. The summed E-state index contributed by atoms with van der Waals surface area (Å²) in [5.74, 6) is -0.250. The van der Waals surface area contributed by atoms with Gasteiger partial charge in [0.15, 0.2) is 0 Å². The average Bonchev–Trinajstić information content (AvgIpc) is 2.75. The first kappa shape index (κ1) is 27.4. The van der Waals surface area contributed by atoms with Gasteiger partial charge in [0, 0.05) is 34.7 Å². The van der Waals surface area contributed by atoms with Crippen LogP contribution in [0.1, 0.15) is 23.0 Å². The van der Waals surface area contributed by atoms with E-state index in [2.05, 4.69) is 20.1 Å². The van der Waals surface area contributed by atoms with Crippen LogP contribution in [-0.2, 0) is 4.79 Å². The van der Waals surface area contributed by atoms with E-state index in [-0.39, 0.29) is 56.8 Å². The minimum Gasteiger partial charge on any atom is -0.497 e. The maximum Gasteiger partial charge on any atom is 1.00 e. The van der Waals surface area contributed by atoms with Gasteiger partial charge in [0.2, 0.25) is 0 Å². The molecular weight excluding hydrogens is 394 g/mol. The van der Waals surface area contributed by atoms with Gasteiger partial charge < -0.3 is 9.47 Å². The number of benzene rings is 2. The monoisotopic (exact) mass is 418 g/mol. The molecule has 30 heavy (non-hydrogen) atoms. The molecule has 0 amide bonds. The molecule has 2 aromatic rings. The molecule has 0 saturated carbocycles. The van der Waals surface area contributed by atoms with Crippen LogP contribution in [0.3, 0.4) is 0 Å². The van der Waals surface area contributed by atoms with Gasteiger partial charge >= 0.3 is 29.6 Å². The molecule has 0 aliphatic rings. The normalized spacial score (nSPS) is 11.3. The van der Waals surface area contributed by atoms with Crippen molar-refractivity contribution in [2.24, 2.45) is 10.2 Å². The van der Waals surface area contributed by atoms with E-state index in [0.29, 0.717) is 22.6 Å². The zero-order valence-corrected chi connectivity index (χ0v) is 18.6. The van der Waals surface area contributed by atoms with Crippen LogP contribution in [0.4, 0.5) is 0 Å². The Morgan fingerprint density at radius 2 is 1.17 bits per heavy atom. The number of hydrogen-bond donors (Lipinski definition) is 0. The maximum absolute atomic E-state index is 13.3. The summed E-state index contributed by atoms with van der Waals surface area (Å²) in [5.41, 5.74) is 18.8. The Kier molecular flexibility index (Phi) is 13.1. The molecule has 2 unspecified atom stereocenters. The number of nitrogens with zero attached hydrogens (tertiary/aromatic N) is 6. The molecule has 0 bridgehead atoms. The van der Waals surface area contributed by atoms with Gasteiger partial charge in [-0.3, -0.25) is 4.79 Å². The number of carbonyl (C=O) groups is 1. The number of ether oxygens (including phenoxy) is 2. The molecule has 2 aromatic carbocycles. The smallest absolute Gasteiger partial charge is 0.497 e. The molecule has 152 valence electrons. The van der Waals surface area contributed by atoms with Crippen molar-refractivity contribution in [3.8, 4) is 11.5 Å². The van der Waals surface area contributed by atoms with Crippen LogP contribution in [0.15, 0.2) is 58.8 Å². The number of rotatable bonds is 10. The van der Waals surface area contributed by atoms with Crippen molar-refractivity contribution in [3.63, 3.8) is 0 Å². The van der Waals surface area contributed by atoms with Crippen molar-refractivity contribution in [3.05, 3.63) is 80.5 Å². The van der Waals surface area contributed by atoms with Crippen LogP contribution in [0.2, 0.25) is 0 Å². The first-order chi connectivity index (χ1) is 13.6. The van der Waals surface area contributed by atoms with Gasteiger partial charge in [0.25, 0.3) is 0 Å². The van der Waals surface area contributed by atoms with E-state index in [1.165, 1.54) is 0 Å². The van der Waals surface area contributed by atoms with Gasteiger partial charge in [-0.05, 0) is 46.5 Å². The molecular formula is C19H24BN6NaO3. The van der Waals surface area contributed by atoms with E-state index < -0.39 is 11.8 Å². The first-order valence-corrected chi connectivity index (χ1v) is 8.48. The number of azide groups is 2. The van der Waals surface area contributed by atoms with Crippen molar-refractivity contribution >= 4 is 14.2 Å². The minimum atomic E-state index is -0.678. The molecule has 2 rings (SSSR count). The number of carbonyl (C=O) groups excluding carboxylic acids is 1. The van der Waals surface area contributed by atoms with Crippen LogP contribution >= 0.6 is 0 Å². The molecule has 0 aromatic heterocycles. The van der Waals surface area contributed by atoms with Gasteiger partial charge in [0.05, 0.1) is 14.2 Å². The average molecular weight is 418 g/mol. The van der Waals surface area contributed by atoms with E-state index in [9.17, 15) is 4.79 Å².